The molecular weight excluding hydrogens is 280 g/mol. The van der Waals surface area contributed by atoms with Crippen LogP contribution in [0.3, 0.4) is 0 Å². The van der Waals surface area contributed by atoms with Crippen molar-refractivity contribution in [3.63, 3.8) is 0 Å². The van der Waals surface area contributed by atoms with E-state index in [1.807, 2.05) is 30.3 Å². The number of benzene rings is 2. The van der Waals surface area contributed by atoms with Crippen LogP contribution in [0, 0.1) is 0 Å². The van der Waals surface area contributed by atoms with Gasteiger partial charge in [-0.15, -0.1) is 0 Å². The second-order valence-electron chi connectivity index (χ2n) is 5.35. The Morgan fingerprint density at radius 2 is 1.62 bits per heavy atom. The summed E-state index contributed by atoms with van der Waals surface area (Å²) in [5.41, 5.74) is 1.61. The maximum atomic E-state index is 11.4. The van der Waals surface area contributed by atoms with E-state index < -0.39 is 8.32 Å². The first-order chi connectivity index (χ1) is 10.0. The number of esters is 1. The summed E-state index contributed by atoms with van der Waals surface area (Å²) in [5, 5.41) is 1.27. The molecule has 21 heavy (non-hydrogen) atoms. The van der Waals surface area contributed by atoms with Crippen LogP contribution < -0.4 is 5.19 Å². The molecule has 0 saturated carbocycles. The van der Waals surface area contributed by atoms with Gasteiger partial charge in [0.1, 0.15) is 0 Å². The molecule has 0 heterocycles. The first kappa shape index (κ1) is 15.5. The molecule has 3 nitrogen and oxygen atoms in total. The molecule has 0 aromatic heterocycles. The van der Waals surface area contributed by atoms with Gasteiger partial charge in [-0.25, -0.2) is 4.79 Å². The number of hydrogen-bond acceptors (Lipinski definition) is 3. The minimum Gasteiger partial charge on any atom is -0.465 e. The Morgan fingerprint density at radius 3 is 2.19 bits per heavy atom. The SMILES string of the molecule is COC(=O)c1ccc(CO[Si](C)(C)c2ccccc2)cc1. The summed E-state index contributed by atoms with van der Waals surface area (Å²) in [6.07, 6.45) is 0. The van der Waals surface area contributed by atoms with E-state index in [1.54, 1.807) is 12.1 Å². The molecule has 0 unspecified atom stereocenters. The molecular formula is C17H20O3Si. The predicted molar refractivity (Wildman–Crippen MR) is 86.1 cm³/mol. The summed E-state index contributed by atoms with van der Waals surface area (Å²) in [4.78, 5) is 11.4. The lowest BCUT2D eigenvalue weighted by atomic mass is 10.1. The van der Waals surface area contributed by atoms with Crippen molar-refractivity contribution in [3.05, 3.63) is 65.7 Å². The first-order valence-electron chi connectivity index (χ1n) is 6.89. The van der Waals surface area contributed by atoms with Crippen LogP contribution in [0.2, 0.25) is 13.1 Å². The van der Waals surface area contributed by atoms with Gasteiger partial charge in [0.25, 0.3) is 0 Å². The largest absolute Gasteiger partial charge is 0.465 e. The van der Waals surface area contributed by atoms with Gasteiger partial charge in [-0.3, -0.25) is 0 Å². The highest BCUT2D eigenvalue weighted by Gasteiger charge is 2.24. The molecule has 0 bridgehead atoms. The quantitative estimate of drug-likeness (QED) is 0.629. The van der Waals surface area contributed by atoms with Crippen molar-refractivity contribution in [2.75, 3.05) is 7.11 Å². The van der Waals surface area contributed by atoms with Crippen molar-refractivity contribution in [2.24, 2.45) is 0 Å². The van der Waals surface area contributed by atoms with E-state index in [0.29, 0.717) is 12.2 Å². The Bertz CT molecular complexity index is 591. The molecule has 2 aromatic carbocycles. The normalized spacial score (nSPS) is 11.2. The van der Waals surface area contributed by atoms with E-state index >= 15 is 0 Å². The van der Waals surface area contributed by atoms with Gasteiger partial charge in [0.05, 0.1) is 19.3 Å². The average molecular weight is 300 g/mol. The van der Waals surface area contributed by atoms with E-state index in [1.165, 1.54) is 12.3 Å². The number of carbonyl (C=O) groups is 1. The lowest BCUT2D eigenvalue weighted by Crippen LogP contribution is -2.44. The van der Waals surface area contributed by atoms with Crippen LogP contribution >= 0.6 is 0 Å². The molecule has 0 aliphatic rings. The molecule has 0 aliphatic carbocycles. The third kappa shape index (κ3) is 4.03. The molecule has 0 N–H and O–H groups in total. The van der Waals surface area contributed by atoms with Gasteiger partial charge in [0.15, 0.2) is 0 Å². The van der Waals surface area contributed by atoms with Gasteiger partial charge in [-0.1, -0.05) is 42.5 Å². The van der Waals surface area contributed by atoms with Crippen LogP contribution in [-0.2, 0) is 15.8 Å². The summed E-state index contributed by atoms with van der Waals surface area (Å²) in [6, 6.07) is 17.7. The number of methoxy groups -OCH3 is 1. The number of ether oxygens (including phenoxy) is 1. The van der Waals surface area contributed by atoms with Crippen molar-refractivity contribution in [1.82, 2.24) is 0 Å². The van der Waals surface area contributed by atoms with Crippen molar-refractivity contribution in [1.29, 1.82) is 0 Å². The second kappa shape index (κ2) is 6.69. The van der Waals surface area contributed by atoms with Crippen LogP contribution in [-0.4, -0.2) is 21.4 Å². The number of carbonyl (C=O) groups excluding carboxylic acids is 1. The first-order valence-corrected chi connectivity index (χ1v) is 9.80. The Balaban J connectivity index is 2.01. The molecule has 0 saturated heterocycles. The molecule has 0 spiro atoms. The van der Waals surface area contributed by atoms with Crippen molar-refractivity contribution < 1.29 is 14.0 Å². The molecule has 0 aliphatic heterocycles. The fourth-order valence-electron chi connectivity index (χ4n) is 2.04. The lowest BCUT2D eigenvalue weighted by Gasteiger charge is -2.23. The van der Waals surface area contributed by atoms with Gasteiger partial charge in [-0.05, 0) is 36.0 Å². The minimum atomic E-state index is -1.90. The monoisotopic (exact) mass is 300 g/mol. The highest BCUT2D eigenvalue weighted by atomic mass is 28.4. The molecule has 2 aromatic rings. The third-order valence-electron chi connectivity index (χ3n) is 3.44. The Morgan fingerprint density at radius 1 is 1.00 bits per heavy atom. The fraction of sp³-hybridized carbons (Fsp3) is 0.235. The van der Waals surface area contributed by atoms with Gasteiger partial charge in [0, 0.05) is 0 Å². The van der Waals surface area contributed by atoms with Gasteiger partial charge >= 0.3 is 5.97 Å². The van der Waals surface area contributed by atoms with E-state index in [2.05, 4.69) is 30.0 Å². The Kier molecular flexibility index (Phi) is 4.93. The summed E-state index contributed by atoms with van der Waals surface area (Å²) < 4.78 is 10.8. The van der Waals surface area contributed by atoms with Crippen LogP contribution in [0.5, 0.6) is 0 Å². The zero-order chi connectivity index (χ0) is 15.3. The third-order valence-corrected chi connectivity index (χ3v) is 6.03. The van der Waals surface area contributed by atoms with Gasteiger partial charge < -0.3 is 9.16 Å². The summed E-state index contributed by atoms with van der Waals surface area (Å²) in [6.45, 7) is 4.92. The van der Waals surface area contributed by atoms with E-state index in [0.717, 1.165) is 5.56 Å². The fourth-order valence-corrected chi connectivity index (χ4v) is 3.73. The molecule has 0 atom stereocenters. The topological polar surface area (TPSA) is 35.5 Å². The maximum Gasteiger partial charge on any atom is 0.337 e. The lowest BCUT2D eigenvalue weighted by molar-refractivity contribution is 0.0600. The standard InChI is InChI=1S/C17H20O3Si/c1-19-17(18)15-11-9-14(10-12-15)13-20-21(2,3)16-7-5-4-6-8-16/h4-12H,13H2,1-3H3. The van der Waals surface area contributed by atoms with Crippen molar-refractivity contribution in [2.45, 2.75) is 19.7 Å². The summed E-state index contributed by atoms with van der Waals surface area (Å²) in [5.74, 6) is -0.318. The van der Waals surface area contributed by atoms with Crippen molar-refractivity contribution >= 4 is 19.5 Å². The molecule has 0 fully saturated rings. The minimum absolute atomic E-state index is 0.318. The number of hydrogen-bond donors (Lipinski definition) is 0. The molecule has 0 radical (unpaired) electrons. The Labute approximate surface area is 126 Å². The molecule has 4 heteroatoms. The van der Waals surface area contributed by atoms with Crippen LogP contribution in [0.4, 0.5) is 0 Å². The second-order valence-corrected chi connectivity index (χ2v) is 9.24. The average Bonchev–Trinajstić information content (AvgIpc) is 2.53. The maximum absolute atomic E-state index is 11.4. The zero-order valence-corrected chi connectivity index (χ0v) is 13.6. The van der Waals surface area contributed by atoms with E-state index in [-0.39, 0.29) is 5.97 Å². The van der Waals surface area contributed by atoms with E-state index in [9.17, 15) is 4.79 Å². The summed E-state index contributed by atoms with van der Waals surface area (Å²) in [7, 11) is -0.514. The molecule has 0 amide bonds. The van der Waals surface area contributed by atoms with Crippen LogP contribution in [0.1, 0.15) is 15.9 Å². The molecule has 2 rings (SSSR count). The Hall–Kier alpha value is -1.91. The smallest absolute Gasteiger partial charge is 0.337 e. The van der Waals surface area contributed by atoms with E-state index in [4.69, 9.17) is 4.43 Å². The highest BCUT2D eigenvalue weighted by Crippen LogP contribution is 2.12. The summed E-state index contributed by atoms with van der Waals surface area (Å²) >= 11 is 0. The van der Waals surface area contributed by atoms with Gasteiger partial charge in [0.2, 0.25) is 8.32 Å². The molecule has 110 valence electrons. The highest BCUT2D eigenvalue weighted by molar-refractivity contribution is 6.84. The predicted octanol–water partition coefficient (Wildman–Crippen LogP) is 3.10. The van der Waals surface area contributed by atoms with Crippen LogP contribution in [0.25, 0.3) is 0 Å². The zero-order valence-electron chi connectivity index (χ0n) is 12.6. The number of rotatable bonds is 5. The van der Waals surface area contributed by atoms with Gasteiger partial charge in [-0.2, -0.15) is 0 Å². The van der Waals surface area contributed by atoms with Crippen LogP contribution in [0.15, 0.2) is 54.6 Å². The van der Waals surface area contributed by atoms with Crippen molar-refractivity contribution in [3.8, 4) is 0 Å².